The Morgan fingerprint density at radius 1 is 1.33 bits per heavy atom. The number of nitrogens with zero attached hydrogens (tertiary/aromatic N) is 2. The fourth-order valence-electron chi connectivity index (χ4n) is 3.65. The number of aromatic hydroxyl groups is 1. The molecule has 30 heavy (non-hydrogen) atoms. The summed E-state index contributed by atoms with van der Waals surface area (Å²) >= 11 is 6.18. The zero-order valence-electron chi connectivity index (χ0n) is 15.5. The molecule has 6 nitrogen and oxygen atoms in total. The van der Waals surface area contributed by atoms with Gasteiger partial charge in [-0.05, 0) is 37.1 Å². The zero-order chi connectivity index (χ0) is 21.6. The van der Waals surface area contributed by atoms with Gasteiger partial charge >= 0.3 is 0 Å². The van der Waals surface area contributed by atoms with E-state index < -0.39 is 28.5 Å². The molecule has 0 aliphatic heterocycles. The fourth-order valence-corrected chi connectivity index (χ4v) is 3.94. The number of nitrogens with one attached hydrogen (secondary N) is 1. The number of amides is 1. The molecule has 1 saturated carbocycles. The van der Waals surface area contributed by atoms with Gasteiger partial charge in [0.15, 0.2) is 5.82 Å². The molecule has 9 heteroatoms. The Hall–Kier alpha value is -3.26. The minimum atomic E-state index is -0.994. The molecule has 0 spiro atoms. The van der Waals surface area contributed by atoms with Crippen LogP contribution in [0, 0.1) is 11.6 Å². The van der Waals surface area contributed by atoms with Gasteiger partial charge in [-0.2, -0.15) is 0 Å². The molecule has 3 aromatic rings. The molecular weight excluding hydrogens is 416 g/mol. The predicted molar refractivity (Wildman–Crippen MR) is 108 cm³/mol. The van der Waals surface area contributed by atoms with Gasteiger partial charge in [0.1, 0.15) is 17.1 Å². The van der Waals surface area contributed by atoms with Crippen LogP contribution in [0.3, 0.4) is 0 Å². The predicted octanol–water partition coefficient (Wildman–Crippen LogP) is 3.71. The molecular formula is C21H16ClF2N3O3. The molecule has 0 radical (unpaired) electrons. The van der Waals surface area contributed by atoms with Crippen LogP contribution >= 0.6 is 11.6 Å². The summed E-state index contributed by atoms with van der Waals surface area (Å²) in [5, 5.41) is 12.5. The van der Waals surface area contributed by atoms with Crippen molar-refractivity contribution in [1.82, 2.24) is 14.9 Å². The van der Waals surface area contributed by atoms with Crippen LogP contribution in [0.2, 0.25) is 5.02 Å². The summed E-state index contributed by atoms with van der Waals surface area (Å²) in [4.78, 5) is 28.3. The third-order valence-corrected chi connectivity index (χ3v) is 5.55. The summed E-state index contributed by atoms with van der Waals surface area (Å²) in [6.45, 7) is 3.39. The molecule has 0 atom stereocenters. The average Bonchev–Trinajstić information content (AvgIpc) is 2.67. The summed E-state index contributed by atoms with van der Waals surface area (Å²) in [6, 6.07) is 4.49. The lowest BCUT2D eigenvalue weighted by Crippen LogP contribution is -2.46. The van der Waals surface area contributed by atoms with Crippen molar-refractivity contribution in [1.29, 1.82) is 0 Å². The number of rotatable bonds is 4. The van der Waals surface area contributed by atoms with Gasteiger partial charge in [-0.3, -0.25) is 14.2 Å². The number of halogens is 3. The van der Waals surface area contributed by atoms with Crippen LogP contribution in [0.4, 0.5) is 8.78 Å². The number of hydrogen-bond acceptors (Lipinski definition) is 4. The van der Waals surface area contributed by atoms with Gasteiger partial charge in [0, 0.05) is 17.6 Å². The molecule has 0 bridgehead atoms. The Labute approximate surface area is 174 Å². The maximum absolute atomic E-state index is 15.2. The molecule has 1 aliphatic rings. The second kappa shape index (κ2) is 7.53. The lowest BCUT2D eigenvalue weighted by molar-refractivity contribution is -0.117. The Morgan fingerprint density at radius 2 is 2.07 bits per heavy atom. The van der Waals surface area contributed by atoms with E-state index in [1.165, 1.54) is 35.2 Å². The molecule has 2 N–H and O–H groups in total. The molecule has 1 fully saturated rings. The van der Waals surface area contributed by atoms with Crippen LogP contribution in [-0.4, -0.2) is 26.6 Å². The van der Waals surface area contributed by atoms with Crippen molar-refractivity contribution in [2.24, 2.45) is 0 Å². The van der Waals surface area contributed by atoms with Crippen LogP contribution in [-0.2, 0) is 4.79 Å². The van der Waals surface area contributed by atoms with E-state index >= 15 is 4.39 Å². The van der Waals surface area contributed by atoms with Gasteiger partial charge in [0.05, 0.1) is 22.3 Å². The Morgan fingerprint density at radius 3 is 2.73 bits per heavy atom. The van der Waals surface area contributed by atoms with Crippen LogP contribution in [0.15, 0.2) is 48.0 Å². The molecule has 2 aromatic carbocycles. The van der Waals surface area contributed by atoms with Crippen molar-refractivity contribution >= 4 is 28.4 Å². The monoisotopic (exact) mass is 431 g/mol. The van der Waals surface area contributed by atoms with Gasteiger partial charge in [0.25, 0.3) is 5.56 Å². The van der Waals surface area contributed by atoms with E-state index in [9.17, 15) is 19.1 Å². The quantitative estimate of drug-likeness (QED) is 0.617. The summed E-state index contributed by atoms with van der Waals surface area (Å²) in [5.41, 5.74) is -1.52. The first-order valence-corrected chi connectivity index (χ1v) is 9.49. The number of aromatic nitrogens is 2. The number of benzene rings is 2. The van der Waals surface area contributed by atoms with Crippen molar-refractivity contribution < 1.29 is 18.7 Å². The molecule has 1 amide bonds. The number of carbonyl (C=O) groups excluding carboxylic acids is 1. The van der Waals surface area contributed by atoms with E-state index in [2.05, 4.69) is 16.9 Å². The highest BCUT2D eigenvalue weighted by Crippen LogP contribution is 2.40. The van der Waals surface area contributed by atoms with Crippen LogP contribution in [0.25, 0.3) is 22.0 Å². The molecule has 0 unspecified atom stereocenters. The number of carbonyl (C=O) groups is 1. The van der Waals surface area contributed by atoms with Crippen LogP contribution < -0.4 is 10.9 Å². The number of phenols is 1. The SMILES string of the molecule is C=CC(=O)NC1CC(n2cnc3c(F)c(-c4c(O)cccc4F)c(Cl)cc3c2=O)C1. The molecule has 1 aliphatic carbocycles. The van der Waals surface area contributed by atoms with E-state index in [1.54, 1.807) is 0 Å². The van der Waals surface area contributed by atoms with Crippen molar-refractivity contribution in [3.63, 3.8) is 0 Å². The number of hydrogen-bond donors (Lipinski definition) is 2. The molecule has 154 valence electrons. The van der Waals surface area contributed by atoms with Gasteiger partial charge in [-0.25, -0.2) is 13.8 Å². The smallest absolute Gasteiger partial charge is 0.261 e. The largest absolute Gasteiger partial charge is 0.507 e. The van der Waals surface area contributed by atoms with Crippen molar-refractivity contribution in [3.8, 4) is 16.9 Å². The van der Waals surface area contributed by atoms with Gasteiger partial charge in [-0.15, -0.1) is 0 Å². The van der Waals surface area contributed by atoms with Crippen LogP contribution in [0.1, 0.15) is 18.9 Å². The first kappa shape index (κ1) is 20.0. The topological polar surface area (TPSA) is 84.2 Å². The normalized spacial score (nSPS) is 18.1. The summed E-state index contributed by atoms with van der Waals surface area (Å²) in [7, 11) is 0. The van der Waals surface area contributed by atoms with Gasteiger partial charge in [-0.1, -0.05) is 24.2 Å². The van der Waals surface area contributed by atoms with E-state index in [0.717, 1.165) is 6.07 Å². The maximum atomic E-state index is 15.2. The third-order valence-electron chi connectivity index (χ3n) is 5.25. The second-order valence-corrected chi connectivity index (χ2v) is 7.48. The number of phenolic OH excluding ortho intramolecular Hbond substituents is 1. The highest BCUT2D eigenvalue weighted by molar-refractivity contribution is 6.34. The summed E-state index contributed by atoms with van der Waals surface area (Å²) in [5.74, 6) is -2.62. The van der Waals surface area contributed by atoms with E-state index in [0.29, 0.717) is 12.8 Å². The minimum Gasteiger partial charge on any atom is -0.507 e. The second-order valence-electron chi connectivity index (χ2n) is 7.07. The summed E-state index contributed by atoms with van der Waals surface area (Å²) < 4.78 is 30.8. The Balaban J connectivity index is 1.75. The van der Waals surface area contributed by atoms with Crippen molar-refractivity contribution in [3.05, 3.63) is 70.3 Å². The average molecular weight is 432 g/mol. The number of fused-ring (bicyclic) bond motifs is 1. The van der Waals surface area contributed by atoms with E-state index in [1.807, 2.05) is 0 Å². The third kappa shape index (κ3) is 3.23. The van der Waals surface area contributed by atoms with E-state index in [4.69, 9.17) is 11.6 Å². The molecule has 1 aromatic heterocycles. The van der Waals surface area contributed by atoms with E-state index in [-0.39, 0.29) is 39.5 Å². The van der Waals surface area contributed by atoms with Crippen molar-refractivity contribution in [2.75, 3.05) is 0 Å². The molecule has 0 saturated heterocycles. The minimum absolute atomic E-state index is 0.0573. The highest BCUT2D eigenvalue weighted by atomic mass is 35.5. The summed E-state index contributed by atoms with van der Waals surface area (Å²) in [6.07, 6.45) is 3.43. The van der Waals surface area contributed by atoms with Crippen molar-refractivity contribution in [2.45, 2.75) is 24.9 Å². The zero-order valence-corrected chi connectivity index (χ0v) is 16.3. The lowest BCUT2D eigenvalue weighted by Gasteiger charge is -2.36. The lowest BCUT2D eigenvalue weighted by atomic mass is 9.86. The van der Waals surface area contributed by atoms with Gasteiger partial charge < -0.3 is 10.4 Å². The van der Waals surface area contributed by atoms with Gasteiger partial charge in [0.2, 0.25) is 5.91 Å². The Kier molecular flexibility index (Phi) is 5.03. The molecule has 1 heterocycles. The van der Waals surface area contributed by atoms with Crippen LogP contribution in [0.5, 0.6) is 5.75 Å². The highest BCUT2D eigenvalue weighted by Gasteiger charge is 2.32. The fraction of sp³-hybridized carbons (Fsp3) is 0.190. The first-order valence-electron chi connectivity index (χ1n) is 9.11. The maximum Gasteiger partial charge on any atom is 0.261 e. The Bertz CT molecular complexity index is 1230. The molecule has 4 rings (SSSR count). The standard InChI is InChI=1S/C21H16ClF2N3O3/c1-2-16(29)26-10-6-11(7-10)27-9-25-20-12(21(27)30)8-13(22)17(19(20)24)18-14(23)4-3-5-15(18)28/h2-5,8-11,28H,1,6-7H2,(H,26,29). The first-order chi connectivity index (χ1) is 14.3.